The molecule has 1 heterocycles. The quantitative estimate of drug-likeness (QED) is 0.806. The summed E-state index contributed by atoms with van der Waals surface area (Å²) in [6.45, 7) is 6.26. The number of carboxylic acid groups (broad SMARTS) is 1. The van der Waals surface area contributed by atoms with E-state index in [2.05, 4.69) is 16.9 Å². The number of aryl methyl sites for hydroxylation is 1. The number of carboxylic acids is 1. The summed E-state index contributed by atoms with van der Waals surface area (Å²) in [4.78, 5) is 19.2. The fourth-order valence-corrected chi connectivity index (χ4v) is 1.45. The van der Waals surface area contributed by atoms with Gasteiger partial charge in [-0.1, -0.05) is 27.2 Å². The van der Waals surface area contributed by atoms with Crippen molar-refractivity contribution in [3.8, 4) is 5.88 Å². The molecule has 0 saturated carbocycles. The highest BCUT2D eigenvalue weighted by atomic mass is 16.5. The molecule has 0 radical (unpaired) electrons. The molecular weight excluding hydrogens is 232 g/mol. The number of carbonyl (C=O) groups is 1. The van der Waals surface area contributed by atoms with Crippen LogP contribution in [0.2, 0.25) is 0 Å². The number of hydrogen-bond donors (Lipinski definition) is 1. The van der Waals surface area contributed by atoms with E-state index in [4.69, 9.17) is 9.84 Å². The van der Waals surface area contributed by atoms with Gasteiger partial charge < -0.3 is 9.84 Å². The molecule has 0 spiro atoms. The fraction of sp³-hybridized carbons (Fsp3) is 0.615. The predicted octanol–water partition coefficient (Wildman–Crippen LogP) is 2.41. The predicted molar refractivity (Wildman–Crippen MR) is 67.9 cm³/mol. The van der Waals surface area contributed by atoms with E-state index < -0.39 is 5.97 Å². The van der Waals surface area contributed by atoms with Crippen LogP contribution < -0.4 is 4.74 Å². The van der Waals surface area contributed by atoms with Crippen molar-refractivity contribution in [2.75, 3.05) is 6.61 Å². The Balaban J connectivity index is 2.78. The Morgan fingerprint density at radius 1 is 1.44 bits per heavy atom. The first kappa shape index (κ1) is 14.4. The highest BCUT2D eigenvalue weighted by molar-refractivity contribution is 5.66. The van der Waals surface area contributed by atoms with E-state index in [9.17, 15) is 4.79 Å². The van der Waals surface area contributed by atoms with Crippen LogP contribution >= 0.6 is 0 Å². The SMILES string of the molecule is CCCc1cc(OCCC(=O)O)nc(C(C)C)n1. The molecule has 1 aromatic rings. The lowest BCUT2D eigenvalue weighted by Gasteiger charge is -2.10. The summed E-state index contributed by atoms with van der Waals surface area (Å²) in [6, 6.07) is 1.79. The van der Waals surface area contributed by atoms with Crippen LogP contribution in [0, 0.1) is 0 Å². The maximum atomic E-state index is 10.4. The zero-order valence-electron chi connectivity index (χ0n) is 11.1. The molecule has 0 atom stereocenters. The second-order valence-electron chi connectivity index (χ2n) is 4.45. The van der Waals surface area contributed by atoms with Gasteiger partial charge in [0.25, 0.3) is 0 Å². The van der Waals surface area contributed by atoms with E-state index in [1.54, 1.807) is 6.07 Å². The Hall–Kier alpha value is -1.65. The highest BCUT2D eigenvalue weighted by Gasteiger charge is 2.09. The zero-order chi connectivity index (χ0) is 13.5. The van der Waals surface area contributed by atoms with Crippen molar-refractivity contribution in [3.63, 3.8) is 0 Å². The van der Waals surface area contributed by atoms with Crippen molar-refractivity contribution in [1.29, 1.82) is 0 Å². The summed E-state index contributed by atoms with van der Waals surface area (Å²) < 4.78 is 5.36. The lowest BCUT2D eigenvalue weighted by molar-refractivity contribution is -0.137. The highest BCUT2D eigenvalue weighted by Crippen LogP contribution is 2.16. The molecule has 5 nitrogen and oxygen atoms in total. The lowest BCUT2D eigenvalue weighted by Crippen LogP contribution is -2.09. The van der Waals surface area contributed by atoms with Crippen molar-refractivity contribution < 1.29 is 14.6 Å². The minimum absolute atomic E-state index is 0.0237. The summed E-state index contributed by atoms with van der Waals surface area (Å²) in [5.41, 5.74) is 0.946. The maximum absolute atomic E-state index is 10.4. The first-order valence-electron chi connectivity index (χ1n) is 6.25. The third-order valence-electron chi connectivity index (χ3n) is 2.36. The van der Waals surface area contributed by atoms with E-state index in [1.165, 1.54) is 0 Å². The molecule has 0 unspecified atom stereocenters. The van der Waals surface area contributed by atoms with Gasteiger partial charge in [0.2, 0.25) is 5.88 Å². The van der Waals surface area contributed by atoms with Crippen LogP contribution in [0.1, 0.15) is 51.0 Å². The van der Waals surface area contributed by atoms with Gasteiger partial charge in [-0.2, -0.15) is 4.98 Å². The Morgan fingerprint density at radius 2 is 2.17 bits per heavy atom. The van der Waals surface area contributed by atoms with Crippen molar-refractivity contribution in [2.45, 2.75) is 46.0 Å². The molecule has 5 heteroatoms. The molecule has 0 fully saturated rings. The molecule has 18 heavy (non-hydrogen) atoms. The van der Waals surface area contributed by atoms with Gasteiger partial charge in [-0.15, -0.1) is 0 Å². The number of aliphatic carboxylic acids is 1. The standard InChI is InChI=1S/C13H20N2O3/c1-4-5-10-8-11(18-7-6-12(16)17)15-13(14-10)9(2)3/h8-9H,4-7H2,1-3H3,(H,16,17). The normalized spacial score (nSPS) is 10.7. The fourth-order valence-electron chi connectivity index (χ4n) is 1.45. The maximum Gasteiger partial charge on any atom is 0.306 e. The first-order chi connectivity index (χ1) is 8.52. The lowest BCUT2D eigenvalue weighted by atomic mass is 10.2. The second kappa shape index (κ2) is 6.93. The molecule has 0 aliphatic rings. The molecule has 1 rings (SSSR count). The molecule has 0 bridgehead atoms. The molecular formula is C13H20N2O3. The van der Waals surface area contributed by atoms with Gasteiger partial charge >= 0.3 is 5.97 Å². The number of hydrogen-bond acceptors (Lipinski definition) is 4. The van der Waals surface area contributed by atoms with Gasteiger partial charge in [-0.05, 0) is 6.42 Å². The number of ether oxygens (including phenoxy) is 1. The molecule has 0 saturated heterocycles. The number of rotatable bonds is 7. The van der Waals surface area contributed by atoms with Crippen LogP contribution in [-0.2, 0) is 11.2 Å². The van der Waals surface area contributed by atoms with Gasteiger partial charge in [-0.25, -0.2) is 4.98 Å². The van der Waals surface area contributed by atoms with E-state index in [-0.39, 0.29) is 18.9 Å². The summed E-state index contributed by atoms with van der Waals surface area (Å²) >= 11 is 0. The number of aromatic nitrogens is 2. The van der Waals surface area contributed by atoms with Crippen molar-refractivity contribution in [1.82, 2.24) is 9.97 Å². The van der Waals surface area contributed by atoms with Crippen molar-refractivity contribution >= 4 is 5.97 Å². The molecule has 0 amide bonds. The van der Waals surface area contributed by atoms with Gasteiger partial charge in [-0.3, -0.25) is 4.79 Å². The average Bonchev–Trinajstić information content (AvgIpc) is 2.28. The van der Waals surface area contributed by atoms with Crippen LogP contribution in [0.3, 0.4) is 0 Å². The number of nitrogens with zero attached hydrogens (tertiary/aromatic N) is 2. The van der Waals surface area contributed by atoms with Crippen molar-refractivity contribution in [3.05, 3.63) is 17.6 Å². The van der Waals surface area contributed by atoms with Crippen LogP contribution in [0.25, 0.3) is 0 Å². The smallest absolute Gasteiger partial charge is 0.306 e. The van der Waals surface area contributed by atoms with Crippen LogP contribution in [-0.4, -0.2) is 27.7 Å². The molecule has 0 aliphatic carbocycles. The third kappa shape index (κ3) is 4.69. The molecule has 1 N–H and O–H groups in total. The topological polar surface area (TPSA) is 72.3 Å². The minimum atomic E-state index is -0.873. The minimum Gasteiger partial charge on any atom is -0.481 e. The van der Waals surface area contributed by atoms with Gasteiger partial charge in [0, 0.05) is 17.7 Å². The molecule has 100 valence electrons. The Bertz CT molecular complexity index is 405. The summed E-state index contributed by atoms with van der Waals surface area (Å²) in [6.07, 6.45) is 1.85. The summed E-state index contributed by atoms with van der Waals surface area (Å²) in [7, 11) is 0. The Kier molecular flexibility index (Phi) is 5.55. The largest absolute Gasteiger partial charge is 0.481 e. The second-order valence-corrected chi connectivity index (χ2v) is 4.45. The average molecular weight is 252 g/mol. The van der Waals surface area contributed by atoms with Crippen LogP contribution in [0.15, 0.2) is 6.07 Å². The monoisotopic (exact) mass is 252 g/mol. The van der Waals surface area contributed by atoms with Gasteiger partial charge in [0.15, 0.2) is 0 Å². The van der Waals surface area contributed by atoms with E-state index in [0.717, 1.165) is 24.4 Å². The molecule has 1 aromatic heterocycles. The van der Waals surface area contributed by atoms with Crippen molar-refractivity contribution in [2.24, 2.45) is 0 Å². The third-order valence-corrected chi connectivity index (χ3v) is 2.36. The van der Waals surface area contributed by atoms with Crippen LogP contribution in [0.4, 0.5) is 0 Å². The molecule has 0 aliphatic heterocycles. The Labute approximate surface area is 107 Å². The van der Waals surface area contributed by atoms with E-state index in [1.807, 2.05) is 13.8 Å². The zero-order valence-corrected chi connectivity index (χ0v) is 11.1. The Morgan fingerprint density at radius 3 is 2.72 bits per heavy atom. The van der Waals surface area contributed by atoms with E-state index >= 15 is 0 Å². The first-order valence-corrected chi connectivity index (χ1v) is 6.25. The molecule has 0 aromatic carbocycles. The van der Waals surface area contributed by atoms with E-state index in [0.29, 0.717) is 5.88 Å². The van der Waals surface area contributed by atoms with Crippen LogP contribution in [0.5, 0.6) is 5.88 Å². The summed E-state index contributed by atoms with van der Waals surface area (Å²) in [5.74, 6) is 0.565. The van der Waals surface area contributed by atoms with Gasteiger partial charge in [0.1, 0.15) is 12.4 Å². The van der Waals surface area contributed by atoms with Gasteiger partial charge in [0.05, 0.1) is 6.42 Å². The summed E-state index contributed by atoms with van der Waals surface area (Å²) in [5, 5.41) is 8.56.